The van der Waals surface area contributed by atoms with E-state index in [1.54, 1.807) is 12.1 Å². The molecule has 0 radical (unpaired) electrons. The zero-order valence-corrected chi connectivity index (χ0v) is 13.1. The van der Waals surface area contributed by atoms with Crippen LogP contribution in [0.4, 0.5) is 13.2 Å². The number of methoxy groups -OCH3 is 2. The molecule has 1 rings (SSSR count). The fourth-order valence-corrected chi connectivity index (χ4v) is 2.86. The fourth-order valence-electron chi connectivity index (χ4n) is 1.83. The second-order valence-corrected chi connectivity index (χ2v) is 5.85. The second kappa shape index (κ2) is 7.79. The first-order valence-corrected chi connectivity index (χ1v) is 7.45. The van der Waals surface area contributed by atoms with Gasteiger partial charge in [-0.25, -0.2) is 0 Å². The van der Waals surface area contributed by atoms with Crippen LogP contribution in [0.1, 0.15) is 18.9 Å². The highest BCUT2D eigenvalue weighted by Gasteiger charge is 2.26. The molecule has 7 heteroatoms. The number of thioether (sulfide) groups is 1. The van der Waals surface area contributed by atoms with E-state index >= 15 is 0 Å². The smallest absolute Gasteiger partial charge is 0.389 e. The lowest BCUT2D eigenvalue weighted by atomic mass is 10.1. The van der Waals surface area contributed by atoms with Crippen LogP contribution in [0.25, 0.3) is 0 Å². The molecule has 0 amide bonds. The number of hydrogen-bond donors (Lipinski definition) is 1. The highest BCUT2D eigenvalue weighted by molar-refractivity contribution is 7.99. The molecule has 2 N–H and O–H groups in total. The van der Waals surface area contributed by atoms with E-state index in [0.717, 1.165) is 17.3 Å². The molecule has 0 aliphatic rings. The van der Waals surface area contributed by atoms with Crippen molar-refractivity contribution in [1.82, 2.24) is 0 Å². The summed E-state index contributed by atoms with van der Waals surface area (Å²) in [5, 5.41) is 0. The van der Waals surface area contributed by atoms with E-state index in [9.17, 15) is 13.2 Å². The molecule has 1 aromatic rings. The van der Waals surface area contributed by atoms with Gasteiger partial charge in [0.2, 0.25) is 0 Å². The summed E-state index contributed by atoms with van der Waals surface area (Å²) in [5.41, 5.74) is 6.66. The van der Waals surface area contributed by atoms with E-state index < -0.39 is 12.6 Å². The molecule has 0 aromatic heterocycles. The first kappa shape index (κ1) is 18.0. The molecule has 0 saturated carbocycles. The number of rotatable bonds is 7. The van der Waals surface area contributed by atoms with Gasteiger partial charge in [0.15, 0.2) is 0 Å². The zero-order chi connectivity index (χ0) is 16.0. The lowest BCUT2D eigenvalue weighted by Crippen LogP contribution is -2.18. The number of ether oxygens (including phenoxy) is 2. The Morgan fingerprint density at radius 1 is 1.19 bits per heavy atom. The van der Waals surface area contributed by atoms with Gasteiger partial charge in [0.1, 0.15) is 11.5 Å². The summed E-state index contributed by atoms with van der Waals surface area (Å²) in [4.78, 5) is 0.632. The third-order valence-corrected chi connectivity index (χ3v) is 3.79. The molecule has 120 valence electrons. The molecular formula is C14H20F3NO2S. The summed E-state index contributed by atoms with van der Waals surface area (Å²) in [6.07, 6.45) is -4.39. The third kappa shape index (κ3) is 6.05. The Morgan fingerprint density at radius 2 is 1.81 bits per heavy atom. The minimum Gasteiger partial charge on any atom is -0.496 e. The Bertz CT molecular complexity index is 464. The second-order valence-electron chi connectivity index (χ2n) is 4.71. The average molecular weight is 323 g/mol. The van der Waals surface area contributed by atoms with Gasteiger partial charge in [-0.3, -0.25) is 0 Å². The summed E-state index contributed by atoms with van der Waals surface area (Å²) in [7, 11) is 3.02. The SMILES string of the molecule is COc1cc(SCCC(F)(F)F)c(OC)cc1CC(C)N. The predicted molar refractivity (Wildman–Crippen MR) is 78.3 cm³/mol. The molecule has 1 atom stereocenters. The van der Waals surface area contributed by atoms with Crippen LogP contribution in [0.3, 0.4) is 0 Å². The van der Waals surface area contributed by atoms with Crippen LogP contribution in [0.5, 0.6) is 11.5 Å². The molecule has 0 spiro atoms. The van der Waals surface area contributed by atoms with Gasteiger partial charge < -0.3 is 15.2 Å². The number of hydrogen-bond acceptors (Lipinski definition) is 4. The number of alkyl halides is 3. The number of benzene rings is 1. The maximum Gasteiger partial charge on any atom is 0.389 e. The minimum absolute atomic E-state index is 0.0488. The van der Waals surface area contributed by atoms with Crippen molar-refractivity contribution in [2.24, 2.45) is 5.73 Å². The van der Waals surface area contributed by atoms with Gasteiger partial charge in [-0.2, -0.15) is 13.2 Å². The third-order valence-electron chi connectivity index (χ3n) is 2.75. The molecule has 21 heavy (non-hydrogen) atoms. The van der Waals surface area contributed by atoms with Gasteiger partial charge in [-0.1, -0.05) is 0 Å². The standard InChI is InChI=1S/C14H20F3NO2S/c1-9(18)6-10-7-12(20-3)13(8-11(10)19-2)21-5-4-14(15,16)17/h7-9H,4-6,18H2,1-3H3. The quantitative estimate of drug-likeness (QED) is 0.778. The Morgan fingerprint density at radius 3 is 2.29 bits per heavy atom. The highest BCUT2D eigenvalue weighted by Crippen LogP contribution is 2.37. The summed E-state index contributed by atoms with van der Waals surface area (Å²) < 4.78 is 47.2. The van der Waals surface area contributed by atoms with Crippen LogP contribution in [0.2, 0.25) is 0 Å². The molecule has 0 heterocycles. The van der Waals surface area contributed by atoms with Gasteiger partial charge >= 0.3 is 6.18 Å². The average Bonchev–Trinajstić information content (AvgIpc) is 2.37. The maximum absolute atomic E-state index is 12.2. The molecule has 0 saturated heterocycles. The van der Waals surface area contributed by atoms with Crippen molar-refractivity contribution in [2.45, 2.75) is 36.9 Å². The van der Waals surface area contributed by atoms with Gasteiger partial charge in [-0.05, 0) is 31.0 Å². The highest BCUT2D eigenvalue weighted by atomic mass is 32.2. The molecule has 1 unspecified atom stereocenters. The van der Waals surface area contributed by atoms with E-state index in [4.69, 9.17) is 15.2 Å². The first-order chi connectivity index (χ1) is 9.76. The van der Waals surface area contributed by atoms with E-state index in [2.05, 4.69) is 0 Å². The molecular weight excluding hydrogens is 303 g/mol. The van der Waals surface area contributed by atoms with E-state index in [1.165, 1.54) is 14.2 Å². The van der Waals surface area contributed by atoms with Gasteiger partial charge in [0, 0.05) is 11.8 Å². The topological polar surface area (TPSA) is 44.5 Å². The summed E-state index contributed by atoms with van der Waals surface area (Å²) in [6, 6.07) is 3.43. The Balaban J connectivity index is 2.93. The molecule has 1 aromatic carbocycles. The molecule has 0 aliphatic heterocycles. The normalized spacial score (nSPS) is 13.1. The van der Waals surface area contributed by atoms with Crippen molar-refractivity contribution in [2.75, 3.05) is 20.0 Å². The van der Waals surface area contributed by atoms with Crippen molar-refractivity contribution < 1.29 is 22.6 Å². The Kier molecular flexibility index (Phi) is 6.67. The minimum atomic E-state index is -4.15. The lowest BCUT2D eigenvalue weighted by Gasteiger charge is -2.16. The monoisotopic (exact) mass is 323 g/mol. The first-order valence-electron chi connectivity index (χ1n) is 6.47. The van der Waals surface area contributed by atoms with Crippen LogP contribution in [0.15, 0.2) is 17.0 Å². The molecule has 3 nitrogen and oxygen atoms in total. The van der Waals surface area contributed by atoms with Crippen molar-refractivity contribution in [3.05, 3.63) is 17.7 Å². The lowest BCUT2D eigenvalue weighted by molar-refractivity contribution is -0.129. The Hall–Kier alpha value is -1.08. The van der Waals surface area contributed by atoms with Crippen LogP contribution >= 0.6 is 11.8 Å². The molecule has 0 bridgehead atoms. The van der Waals surface area contributed by atoms with Crippen molar-refractivity contribution in [3.63, 3.8) is 0 Å². The van der Waals surface area contributed by atoms with Crippen LogP contribution < -0.4 is 15.2 Å². The van der Waals surface area contributed by atoms with Gasteiger partial charge in [0.05, 0.1) is 25.5 Å². The maximum atomic E-state index is 12.2. The largest absolute Gasteiger partial charge is 0.496 e. The van der Waals surface area contributed by atoms with Crippen LogP contribution in [0, 0.1) is 0 Å². The number of halogens is 3. The van der Waals surface area contributed by atoms with E-state index in [1.807, 2.05) is 6.92 Å². The zero-order valence-electron chi connectivity index (χ0n) is 12.3. The fraction of sp³-hybridized carbons (Fsp3) is 0.571. The Labute approximate surface area is 127 Å². The van der Waals surface area contributed by atoms with Crippen molar-refractivity contribution >= 4 is 11.8 Å². The van der Waals surface area contributed by atoms with Gasteiger partial charge in [0.25, 0.3) is 0 Å². The summed E-state index contributed by atoms with van der Waals surface area (Å²) in [6.45, 7) is 1.87. The van der Waals surface area contributed by atoms with Crippen LogP contribution in [-0.4, -0.2) is 32.2 Å². The number of nitrogens with two attached hydrogens (primary N) is 1. The summed E-state index contributed by atoms with van der Waals surface area (Å²) >= 11 is 1.10. The van der Waals surface area contributed by atoms with Gasteiger partial charge in [-0.15, -0.1) is 11.8 Å². The van der Waals surface area contributed by atoms with E-state index in [0.29, 0.717) is 22.8 Å². The van der Waals surface area contributed by atoms with Crippen molar-refractivity contribution in [1.29, 1.82) is 0 Å². The molecule has 0 fully saturated rings. The van der Waals surface area contributed by atoms with E-state index in [-0.39, 0.29) is 11.8 Å². The van der Waals surface area contributed by atoms with Crippen molar-refractivity contribution in [3.8, 4) is 11.5 Å². The van der Waals surface area contributed by atoms with Crippen LogP contribution in [-0.2, 0) is 6.42 Å². The summed E-state index contributed by atoms with van der Waals surface area (Å²) in [5.74, 6) is 1.09. The molecule has 0 aliphatic carbocycles. The predicted octanol–water partition coefficient (Wildman–Crippen LogP) is 3.64.